The third-order valence-electron chi connectivity index (χ3n) is 6.96. The highest BCUT2D eigenvalue weighted by Gasteiger charge is 2.35. The lowest BCUT2D eigenvalue weighted by atomic mass is 9.92. The van der Waals surface area contributed by atoms with Crippen LogP contribution in [0.2, 0.25) is 0 Å². The summed E-state index contributed by atoms with van der Waals surface area (Å²) in [4.78, 5) is 18.2. The third-order valence-corrected chi connectivity index (χ3v) is 6.96. The molecule has 2 aromatic carbocycles. The van der Waals surface area contributed by atoms with Gasteiger partial charge in [0.2, 0.25) is 5.91 Å². The van der Waals surface area contributed by atoms with Crippen LogP contribution in [0.5, 0.6) is 0 Å². The van der Waals surface area contributed by atoms with Gasteiger partial charge in [-0.2, -0.15) is 5.26 Å². The summed E-state index contributed by atoms with van der Waals surface area (Å²) >= 11 is 0. The largest absolute Gasteiger partial charge is 0.371 e. The van der Waals surface area contributed by atoms with Gasteiger partial charge in [-0.25, -0.2) is 4.99 Å². The van der Waals surface area contributed by atoms with Crippen LogP contribution in [0.15, 0.2) is 90.7 Å². The maximum Gasteiger partial charge on any atom is 0.248 e. The maximum absolute atomic E-state index is 11.4. The first-order valence-corrected chi connectivity index (χ1v) is 12.2. The van der Waals surface area contributed by atoms with Crippen LogP contribution in [-0.2, 0) is 11.2 Å². The number of nitrogens with one attached hydrogen (secondary N) is 1. The number of nitrogens with zero attached hydrogens (tertiary/aromatic N) is 3. The van der Waals surface area contributed by atoms with Gasteiger partial charge in [-0.1, -0.05) is 55.6 Å². The normalized spacial score (nSPS) is 17.5. The summed E-state index contributed by atoms with van der Waals surface area (Å²) in [6, 6.07) is 17.9. The van der Waals surface area contributed by atoms with E-state index in [-0.39, 0.29) is 0 Å². The Morgan fingerprint density at radius 2 is 1.84 bits per heavy atom. The lowest BCUT2D eigenvalue weighted by Crippen LogP contribution is -2.43. The minimum atomic E-state index is -0.686. The molecular formula is C30H31N5O2. The van der Waals surface area contributed by atoms with E-state index in [1.165, 1.54) is 0 Å². The third kappa shape index (κ3) is 5.55. The van der Waals surface area contributed by atoms with Crippen LogP contribution in [0.25, 0.3) is 11.3 Å². The summed E-state index contributed by atoms with van der Waals surface area (Å²) < 4.78 is 5.46. The van der Waals surface area contributed by atoms with E-state index < -0.39 is 11.5 Å². The number of nitriles is 1. The quantitative estimate of drug-likeness (QED) is 0.567. The molecule has 0 aliphatic carbocycles. The molecule has 37 heavy (non-hydrogen) atoms. The van der Waals surface area contributed by atoms with Crippen molar-refractivity contribution in [1.29, 1.82) is 5.26 Å². The molecule has 0 unspecified atom stereocenters. The molecule has 7 heteroatoms. The van der Waals surface area contributed by atoms with Crippen molar-refractivity contribution in [2.45, 2.75) is 24.9 Å². The fourth-order valence-electron chi connectivity index (χ4n) is 4.59. The van der Waals surface area contributed by atoms with E-state index in [0.29, 0.717) is 24.8 Å². The number of nitrogens with two attached hydrogens (primary N) is 1. The van der Waals surface area contributed by atoms with Crippen LogP contribution >= 0.6 is 0 Å². The lowest BCUT2D eigenvalue weighted by molar-refractivity contribution is -0.00305. The predicted molar refractivity (Wildman–Crippen MR) is 147 cm³/mol. The molecule has 0 aromatic heterocycles. The predicted octanol–water partition coefficient (Wildman–Crippen LogP) is 4.42. The second-order valence-corrected chi connectivity index (χ2v) is 9.07. The summed E-state index contributed by atoms with van der Waals surface area (Å²) in [5, 5.41) is 12.6. The van der Waals surface area contributed by atoms with Crippen molar-refractivity contribution in [3.63, 3.8) is 0 Å². The molecule has 0 saturated carbocycles. The highest BCUT2D eigenvalue weighted by Crippen LogP contribution is 2.31. The molecule has 2 aliphatic rings. The first-order valence-electron chi connectivity index (χ1n) is 12.2. The van der Waals surface area contributed by atoms with Gasteiger partial charge < -0.3 is 20.7 Å². The number of hydrogen-bond donors (Lipinski definition) is 2. The zero-order chi connectivity index (χ0) is 26.4. The van der Waals surface area contributed by atoms with E-state index in [0.717, 1.165) is 52.5 Å². The van der Waals surface area contributed by atoms with Gasteiger partial charge >= 0.3 is 0 Å². The number of carbonyl (C=O) groups is 1. The zero-order valence-electron chi connectivity index (χ0n) is 21.0. The van der Waals surface area contributed by atoms with Crippen molar-refractivity contribution in [2.75, 3.05) is 20.2 Å². The summed E-state index contributed by atoms with van der Waals surface area (Å²) in [5.41, 5.74) is 11.2. The van der Waals surface area contributed by atoms with E-state index in [9.17, 15) is 10.1 Å². The molecule has 2 heterocycles. The number of carbonyl (C=O) groups excluding carboxylic acids is 1. The topological polar surface area (TPSA) is 104 Å². The van der Waals surface area contributed by atoms with Crippen molar-refractivity contribution >= 4 is 23.0 Å². The Bertz CT molecular complexity index is 1320. The van der Waals surface area contributed by atoms with Gasteiger partial charge in [0.15, 0.2) is 5.60 Å². The van der Waals surface area contributed by atoms with Crippen molar-refractivity contribution in [3.8, 4) is 6.07 Å². The number of primary amides is 1. The van der Waals surface area contributed by atoms with Crippen LogP contribution in [0, 0.1) is 11.3 Å². The SMILES string of the molecule is C=CNC1=NC=C(c2ccc(C(N)=O)cc2)/C1=C/Cc1ccc(C(=C)N2CCC(C#N)(OC)CC2)cc1. The molecule has 0 spiro atoms. The van der Waals surface area contributed by atoms with Gasteiger partial charge in [0.05, 0.1) is 6.07 Å². The van der Waals surface area contributed by atoms with Crippen LogP contribution < -0.4 is 11.1 Å². The molecule has 1 fully saturated rings. The highest BCUT2D eigenvalue weighted by molar-refractivity contribution is 6.15. The Morgan fingerprint density at radius 3 is 2.41 bits per heavy atom. The molecular weight excluding hydrogens is 462 g/mol. The second kappa shape index (κ2) is 11.1. The minimum absolute atomic E-state index is 0.454. The number of hydrogen-bond acceptors (Lipinski definition) is 6. The van der Waals surface area contributed by atoms with Crippen LogP contribution in [-0.4, -0.2) is 42.4 Å². The number of amides is 1. The van der Waals surface area contributed by atoms with E-state index in [2.05, 4.69) is 64.8 Å². The smallest absolute Gasteiger partial charge is 0.248 e. The number of benzene rings is 2. The van der Waals surface area contributed by atoms with Gasteiger partial charge in [0.25, 0.3) is 0 Å². The lowest BCUT2D eigenvalue weighted by Gasteiger charge is -2.38. The van der Waals surface area contributed by atoms with E-state index >= 15 is 0 Å². The Balaban J connectivity index is 1.46. The molecule has 1 amide bonds. The number of rotatable bonds is 8. The number of aliphatic imine (C=N–C) groups is 1. The maximum atomic E-state index is 11.4. The molecule has 0 bridgehead atoms. The van der Waals surface area contributed by atoms with Crippen molar-refractivity contribution in [2.24, 2.45) is 10.7 Å². The molecule has 4 rings (SSSR count). The Labute approximate surface area is 217 Å². The molecule has 2 aromatic rings. The van der Waals surface area contributed by atoms with Crippen molar-refractivity contribution in [3.05, 3.63) is 108 Å². The molecule has 0 radical (unpaired) electrons. The summed E-state index contributed by atoms with van der Waals surface area (Å²) in [7, 11) is 1.61. The number of methoxy groups -OCH3 is 1. The van der Waals surface area contributed by atoms with Gasteiger partial charge in [0, 0.05) is 61.6 Å². The molecule has 1 saturated heterocycles. The van der Waals surface area contributed by atoms with Gasteiger partial charge in [-0.15, -0.1) is 0 Å². The highest BCUT2D eigenvalue weighted by atomic mass is 16.5. The minimum Gasteiger partial charge on any atom is -0.371 e. The van der Waals surface area contributed by atoms with E-state index in [1.54, 1.807) is 25.4 Å². The Hall–Kier alpha value is -4.41. The van der Waals surface area contributed by atoms with Gasteiger partial charge in [-0.3, -0.25) is 4.79 Å². The summed E-state index contributed by atoms with van der Waals surface area (Å²) in [5.74, 6) is 0.272. The Morgan fingerprint density at radius 1 is 1.19 bits per heavy atom. The zero-order valence-corrected chi connectivity index (χ0v) is 21.0. The average Bonchev–Trinajstić information content (AvgIpc) is 3.34. The molecule has 2 aliphatic heterocycles. The van der Waals surface area contributed by atoms with E-state index in [4.69, 9.17) is 10.5 Å². The van der Waals surface area contributed by atoms with Gasteiger partial charge in [0.1, 0.15) is 5.84 Å². The molecule has 188 valence electrons. The van der Waals surface area contributed by atoms with Crippen LogP contribution in [0.1, 0.15) is 39.9 Å². The number of piperidine rings is 1. The molecule has 0 atom stereocenters. The average molecular weight is 494 g/mol. The number of allylic oxidation sites excluding steroid dienone is 1. The monoisotopic (exact) mass is 493 g/mol. The standard InChI is InChI=1S/C30H31N5O2/c1-4-33-29-26(27(19-34-29)24-10-12-25(13-11-24)28(32)36)14-7-22-5-8-23(9-6-22)21(2)35-17-15-30(20-31,37-3)16-18-35/h4-6,8-14,19H,1-2,7,15-18H2,3H3,(H2,32,36)(H,33,34)/b26-14-. The number of likely N-dealkylation sites (tertiary alicyclic amines) is 1. The van der Waals surface area contributed by atoms with Gasteiger partial charge in [-0.05, 0) is 41.4 Å². The Kier molecular flexibility index (Phi) is 7.71. The number of amidine groups is 1. The van der Waals surface area contributed by atoms with Crippen molar-refractivity contribution in [1.82, 2.24) is 10.2 Å². The summed E-state index contributed by atoms with van der Waals surface area (Å²) in [6.07, 6.45) is 7.58. The molecule has 3 N–H and O–H groups in total. The van der Waals surface area contributed by atoms with E-state index in [1.807, 2.05) is 18.3 Å². The molecule has 7 nitrogen and oxygen atoms in total. The summed E-state index contributed by atoms with van der Waals surface area (Å²) in [6.45, 7) is 9.53. The van der Waals surface area contributed by atoms with Crippen molar-refractivity contribution < 1.29 is 9.53 Å². The van der Waals surface area contributed by atoms with Crippen LogP contribution in [0.4, 0.5) is 0 Å². The second-order valence-electron chi connectivity index (χ2n) is 9.07. The first-order chi connectivity index (χ1) is 17.9. The fourth-order valence-corrected chi connectivity index (χ4v) is 4.59. The number of ether oxygens (including phenoxy) is 1. The fraction of sp³-hybridized carbons (Fsp3) is 0.233. The first kappa shape index (κ1) is 25.7. The van der Waals surface area contributed by atoms with Crippen LogP contribution in [0.3, 0.4) is 0 Å².